The number of nitrogens with one attached hydrogen (secondary N) is 1. The number of imide groups is 1. The van der Waals surface area contributed by atoms with Crippen molar-refractivity contribution in [3.8, 4) is 17.2 Å². The quantitative estimate of drug-likeness (QED) is 0.209. The Kier molecular flexibility index (Phi) is 9.52. The van der Waals surface area contributed by atoms with E-state index in [1.54, 1.807) is 61.7 Å². The van der Waals surface area contributed by atoms with Gasteiger partial charge in [0.2, 0.25) is 5.91 Å². The molecule has 0 aromatic heterocycles. The van der Waals surface area contributed by atoms with Crippen LogP contribution in [0.5, 0.6) is 17.2 Å². The standard InChI is InChI=1S/C30H27ClN2O6S/c1-4-5-21-14-20(15-25(38-3)28(21)39-18-19-6-8-22(31)9-7-19)16-26-29(35)33(30(36)40-26)17-27(34)32-23-10-12-24(37-2)13-11-23/h4,6-16H,1,5,17-18H2,2-3H3,(H,32,34)/b26-16+. The topological polar surface area (TPSA) is 94.2 Å². The summed E-state index contributed by atoms with van der Waals surface area (Å²) in [7, 11) is 3.07. The molecule has 0 unspecified atom stereocenters. The first-order chi connectivity index (χ1) is 19.3. The van der Waals surface area contributed by atoms with Crippen molar-refractivity contribution < 1.29 is 28.6 Å². The van der Waals surface area contributed by atoms with Crippen molar-refractivity contribution in [1.29, 1.82) is 0 Å². The first-order valence-corrected chi connectivity index (χ1v) is 13.4. The predicted molar refractivity (Wildman–Crippen MR) is 157 cm³/mol. The molecule has 1 aliphatic heterocycles. The van der Waals surface area contributed by atoms with Gasteiger partial charge in [0.05, 0.1) is 19.1 Å². The Hall–Kier alpha value is -4.21. The monoisotopic (exact) mass is 578 g/mol. The zero-order chi connectivity index (χ0) is 28.6. The molecule has 0 bridgehead atoms. The van der Waals surface area contributed by atoms with E-state index >= 15 is 0 Å². The molecule has 0 saturated carbocycles. The number of carbonyl (C=O) groups is 3. The second kappa shape index (κ2) is 13.2. The molecule has 3 aromatic rings. The summed E-state index contributed by atoms with van der Waals surface area (Å²) < 4.78 is 16.8. The van der Waals surface area contributed by atoms with Crippen molar-refractivity contribution in [1.82, 2.24) is 4.90 Å². The van der Waals surface area contributed by atoms with E-state index in [9.17, 15) is 14.4 Å². The molecule has 1 saturated heterocycles. The third-order valence-electron chi connectivity index (χ3n) is 5.88. The van der Waals surface area contributed by atoms with Crippen LogP contribution in [0, 0.1) is 0 Å². The zero-order valence-corrected chi connectivity index (χ0v) is 23.5. The lowest BCUT2D eigenvalue weighted by Crippen LogP contribution is -2.36. The third-order valence-corrected chi connectivity index (χ3v) is 7.04. The number of rotatable bonds is 11. The molecule has 8 nitrogen and oxygen atoms in total. The van der Waals surface area contributed by atoms with Gasteiger partial charge in [-0.2, -0.15) is 0 Å². The van der Waals surface area contributed by atoms with Gasteiger partial charge in [0, 0.05) is 16.3 Å². The minimum Gasteiger partial charge on any atom is -0.497 e. The number of allylic oxidation sites excluding steroid dienone is 1. The first-order valence-electron chi connectivity index (χ1n) is 12.2. The number of benzene rings is 3. The zero-order valence-electron chi connectivity index (χ0n) is 21.9. The number of carbonyl (C=O) groups excluding carboxylic acids is 3. The second-order valence-corrected chi connectivity index (χ2v) is 10.1. The maximum Gasteiger partial charge on any atom is 0.294 e. The fourth-order valence-electron chi connectivity index (χ4n) is 3.93. The highest BCUT2D eigenvalue weighted by atomic mass is 35.5. The van der Waals surface area contributed by atoms with Crippen LogP contribution in [0.4, 0.5) is 10.5 Å². The Bertz CT molecular complexity index is 1450. The smallest absolute Gasteiger partial charge is 0.294 e. The van der Waals surface area contributed by atoms with Gasteiger partial charge in [-0.05, 0) is 83.9 Å². The Morgan fingerprint density at radius 1 is 1.05 bits per heavy atom. The molecule has 0 spiro atoms. The molecular weight excluding hydrogens is 552 g/mol. The maximum atomic E-state index is 13.0. The van der Waals surface area contributed by atoms with Crippen molar-refractivity contribution in [2.24, 2.45) is 0 Å². The Balaban J connectivity index is 1.50. The van der Waals surface area contributed by atoms with Gasteiger partial charge in [-0.15, -0.1) is 6.58 Å². The average Bonchev–Trinajstić information content (AvgIpc) is 3.20. The van der Waals surface area contributed by atoms with Gasteiger partial charge >= 0.3 is 0 Å². The normalized spacial score (nSPS) is 13.9. The number of thioether (sulfide) groups is 1. The number of hydrogen-bond donors (Lipinski definition) is 1. The molecule has 0 aliphatic carbocycles. The maximum absolute atomic E-state index is 13.0. The molecule has 40 heavy (non-hydrogen) atoms. The summed E-state index contributed by atoms with van der Waals surface area (Å²) in [5, 5.41) is 2.79. The summed E-state index contributed by atoms with van der Waals surface area (Å²) in [5.41, 5.74) is 2.90. The number of ether oxygens (including phenoxy) is 3. The lowest BCUT2D eigenvalue weighted by molar-refractivity contribution is -0.127. The fraction of sp³-hybridized carbons (Fsp3) is 0.167. The van der Waals surface area contributed by atoms with Gasteiger partial charge in [-0.3, -0.25) is 19.3 Å². The van der Waals surface area contributed by atoms with Crippen molar-refractivity contribution in [2.75, 3.05) is 26.1 Å². The first kappa shape index (κ1) is 28.8. The molecule has 1 aliphatic rings. The van der Waals surface area contributed by atoms with E-state index in [-0.39, 0.29) is 4.91 Å². The highest BCUT2D eigenvalue weighted by Gasteiger charge is 2.36. The molecular formula is C30H27ClN2O6S. The Morgan fingerprint density at radius 2 is 1.77 bits per heavy atom. The SMILES string of the molecule is C=CCc1cc(/C=C2/SC(=O)N(CC(=O)Nc3ccc(OC)cc3)C2=O)cc(OC)c1OCc1ccc(Cl)cc1. The summed E-state index contributed by atoms with van der Waals surface area (Å²) in [6.07, 6.45) is 3.83. The molecule has 1 fully saturated rings. The van der Waals surface area contributed by atoms with Gasteiger partial charge in [0.1, 0.15) is 18.9 Å². The van der Waals surface area contributed by atoms with E-state index in [1.165, 1.54) is 7.11 Å². The molecule has 3 amide bonds. The summed E-state index contributed by atoms with van der Waals surface area (Å²) in [6, 6.07) is 17.7. The van der Waals surface area contributed by atoms with E-state index < -0.39 is 23.6 Å². The number of nitrogens with zero attached hydrogens (tertiary/aromatic N) is 1. The van der Waals surface area contributed by atoms with E-state index in [1.807, 2.05) is 18.2 Å². The van der Waals surface area contributed by atoms with E-state index in [2.05, 4.69) is 11.9 Å². The molecule has 10 heteroatoms. The van der Waals surface area contributed by atoms with Crippen LogP contribution >= 0.6 is 23.4 Å². The number of anilines is 1. The summed E-state index contributed by atoms with van der Waals surface area (Å²) in [6.45, 7) is 3.73. The van der Waals surface area contributed by atoms with E-state index in [0.717, 1.165) is 27.8 Å². The predicted octanol–water partition coefficient (Wildman–Crippen LogP) is 6.34. The van der Waals surface area contributed by atoms with Crippen molar-refractivity contribution >= 4 is 52.2 Å². The van der Waals surface area contributed by atoms with Crippen LogP contribution in [0.25, 0.3) is 6.08 Å². The van der Waals surface area contributed by atoms with Crippen LogP contribution in [0.2, 0.25) is 5.02 Å². The van der Waals surface area contributed by atoms with Gasteiger partial charge in [-0.1, -0.05) is 29.8 Å². The number of amides is 3. The molecule has 206 valence electrons. The summed E-state index contributed by atoms with van der Waals surface area (Å²) in [5.74, 6) is 0.622. The Morgan fingerprint density at radius 3 is 2.42 bits per heavy atom. The lowest BCUT2D eigenvalue weighted by Gasteiger charge is -2.16. The number of hydrogen-bond acceptors (Lipinski definition) is 7. The molecule has 3 aromatic carbocycles. The van der Waals surface area contributed by atoms with Crippen LogP contribution in [0.15, 0.2) is 78.2 Å². The van der Waals surface area contributed by atoms with Crippen molar-refractivity contribution in [2.45, 2.75) is 13.0 Å². The molecule has 0 radical (unpaired) electrons. The highest BCUT2D eigenvalue weighted by Crippen LogP contribution is 2.37. The molecule has 4 rings (SSSR count). The van der Waals surface area contributed by atoms with Crippen LogP contribution in [-0.2, 0) is 22.6 Å². The minimum atomic E-state index is -0.549. The van der Waals surface area contributed by atoms with E-state index in [0.29, 0.717) is 46.5 Å². The van der Waals surface area contributed by atoms with Crippen molar-refractivity contribution in [3.63, 3.8) is 0 Å². The minimum absolute atomic E-state index is 0.198. The van der Waals surface area contributed by atoms with Gasteiger partial charge in [-0.25, -0.2) is 0 Å². The van der Waals surface area contributed by atoms with Gasteiger partial charge in [0.25, 0.3) is 11.1 Å². The summed E-state index contributed by atoms with van der Waals surface area (Å²) in [4.78, 5) is 39.3. The van der Waals surface area contributed by atoms with Crippen LogP contribution in [0.3, 0.4) is 0 Å². The highest BCUT2D eigenvalue weighted by molar-refractivity contribution is 8.18. The second-order valence-electron chi connectivity index (χ2n) is 8.66. The van der Waals surface area contributed by atoms with Gasteiger partial charge < -0.3 is 19.5 Å². The molecule has 1 N–H and O–H groups in total. The third kappa shape index (κ3) is 7.05. The fourth-order valence-corrected chi connectivity index (χ4v) is 4.90. The summed E-state index contributed by atoms with van der Waals surface area (Å²) >= 11 is 6.75. The Labute approximate surface area is 241 Å². The van der Waals surface area contributed by atoms with Gasteiger partial charge in [0.15, 0.2) is 11.5 Å². The van der Waals surface area contributed by atoms with Crippen molar-refractivity contribution in [3.05, 3.63) is 99.9 Å². The average molecular weight is 579 g/mol. The van der Waals surface area contributed by atoms with Crippen LogP contribution < -0.4 is 19.5 Å². The van der Waals surface area contributed by atoms with Crippen LogP contribution in [-0.4, -0.2) is 42.7 Å². The molecule has 1 heterocycles. The van der Waals surface area contributed by atoms with E-state index in [4.69, 9.17) is 25.8 Å². The largest absolute Gasteiger partial charge is 0.497 e. The molecule has 0 atom stereocenters. The lowest BCUT2D eigenvalue weighted by atomic mass is 10.0. The number of halogens is 1. The number of methoxy groups -OCH3 is 2. The van der Waals surface area contributed by atoms with Crippen LogP contribution in [0.1, 0.15) is 16.7 Å².